The summed E-state index contributed by atoms with van der Waals surface area (Å²) < 4.78 is 0. The van der Waals surface area contributed by atoms with Crippen molar-refractivity contribution >= 4 is 23.2 Å². The summed E-state index contributed by atoms with van der Waals surface area (Å²) in [5.41, 5.74) is 6.42. The van der Waals surface area contributed by atoms with Crippen LogP contribution in [-0.2, 0) is 6.54 Å². The lowest BCUT2D eigenvalue weighted by Gasteiger charge is -1.92. The molecule has 0 saturated carbocycles. The van der Waals surface area contributed by atoms with Crippen molar-refractivity contribution in [2.75, 3.05) is 0 Å². The zero-order valence-corrected chi connectivity index (χ0v) is 6.90. The fraction of sp³-hybridized carbons (Fsp3) is 0.143. The Bertz CT molecular complexity index is 369. The fourth-order valence-corrected chi connectivity index (χ4v) is 2.14. The van der Waals surface area contributed by atoms with Crippen LogP contribution in [0, 0.1) is 0 Å². The maximum Gasteiger partial charge on any atom is 0.259 e. The van der Waals surface area contributed by atoms with Crippen molar-refractivity contribution in [1.29, 1.82) is 0 Å². The van der Waals surface area contributed by atoms with Crippen LogP contribution in [0.4, 0.5) is 0 Å². The SMILES string of the molecule is NC(=O)c1scc2c1C(=O)NC2. The molecule has 2 rings (SSSR count). The summed E-state index contributed by atoms with van der Waals surface area (Å²) >= 11 is 1.23. The van der Waals surface area contributed by atoms with E-state index in [1.54, 1.807) is 5.38 Å². The van der Waals surface area contributed by atoms with E-state index < -0.39 is 5.91 Å². The Morgan fingerprint density at radius 3 is 3.08 bits per heavy atom. The second kappa shape index (κ2) is 2.31. The molecular weight excluding hydrogens is 176 g/mol. The number of carbonyl (C=O) groups is 2. The second-order valence-corrected chi connectivity index (χ2v) is 3.39. The number of thiophene rings is 1. The van der Waals surface area contributed by atoms with Crippen LogP contribution >= 0.6 is 11.3 Å². The van der Waals surface area contributed by atoms with Crippen LogP contribution in [-0.4, -0.2) is 11.8 Å². The number of rotatable bonds is 1. The highest BCUT2D eigenvalue weighted by Crippen LogP contribution is 2.25. The smallest absolute Gasteiger partial charge is 0.259 e. The molecule has 1 aromatic heterocycles. The average molecular weight is 182 g/mol. The van der Waals surface area contributed by atoms with Crippen molar-refractivity contribution < 1.29 is 9.59 Å². The van der Waals surface area contributed by atoms with Crippen LogP contribution in [0.5, 0.6) is 0 Å². The van der Waals surface area contributed by atoms with Crippen LogP contribution in [0.3, 0.4) is 0 Å². The molecule has 1 aliphatic rings. The quantitative estimate of drug-likeness (QED) is 0.646. The van der Waals surface area contributed by atoms with Gasteiger partial charge in [-0.15, -0.1) is 11.3 Å². The van der Waals surface area contributed by atoms with Crippen molar-refractivity contribution in [3.8, 4) is 0 Å². The van der Waals surface area contributed by atoms with Gasteiger partial charge in [0.05, 0.1) is 5.56 Å². The number of hydrogen-bond donors (Lipinski definition) is 2. The van der Waals surface area contributed by atoms with Gasteiger partial charge in [-0.1, -0.05) is 0 Å². The molecule has 3 N–H and O–H groups in total. The first kappa shape index (κ1) is 7.30. The Morgan fingerprint density at radius 1 is 1.67 bits per heavy atom. The van der Waals surface area contributed by atoms with Gasteiger partial charge in [-0.05, 0) is 10.9 Å². The van der Waals surface area contributed by atoms with Crippen LogP contribution in [0.2, 0.25) is 0 Å². The molecule has 0 fully saturated rings. The van der Waals surface area contributed by atoms with Crippen molar-refractivity contribution in [2.24, 2.45) is 5.73 Å². The highest BCUT2D eigenvalue weighted by Gasteiger charge is 2.26. The van der Waals surface area contributed by atoms with Gasteiger partial charge in [-0.2, -0.15) is 0 Å². The van der Waals surface area contributed by atoms with Gasteiger partial charge in [0.25, 0.3) is 11.8 Å². The van der Waals surface area contributed by atoms with E-state index in [1.165, 1.54) is 11.3 Å². The highest BCUT2D eigenvalue weighted by molar-refractivity contribution is 7.12. The number of hydrogen-bond acceptors (Lipinski definition) is 3. The molecule has 0 atom stereocenters. The summed E-state index contributed by atoms with van der Waals surface area (Å²) in [4.78, 5) is 22.3. The summed E-state index contributed by atoms with van der Waals surface area (Å²) in [6.45, 7) is 0.512. The van der Waals surface area contributed by atoms with Crippen molar-refractivity contribution in [3.63, 3.8) is 0 Å². The number of carbonyl (C=O) groups excluding carboxylic acids is 2. The second-order valence-electron chi connectivity index (χ2n) is 2.51. The van der Waals surface area contributed by atoms with Gasteiger partial charge in [0.2, 0.25) is 0 Å². The molecule has 5 heteroatoms. The average Bonchev–Trinajstić information content (AvgIpc) is 2.53. The summed E-state index contributed by atoms with van der Waals surface area (Å²) in [5, 5.41) is 4.41. The summed E-state index contributed by atoms with van der Waals surface area (Å²) in [5.74, 6) is -0.724. The first-order valence-corrected chi connectivity index (χ1v) is 4.26. The Labute approximate surface area is 72.4 Å². The number of nitrogens with two attached hydrogens (primary N) is 1. The lowest BCUT2D eigenvalue weighted by atomic mass is 10.2. The molecule has 12 heavy (non-hydrogen) atoms. The third kappa shape index (κ3) is 0.831. The zero-order valence-electron chi connectivity index (χ0n) is 6.09. The molecule has 0 aliphatic carbocycles. The van der Waals surface area contributed by atoms with Gasteiger partial charge in [-0.3, -0.25) is 9.59 Å². The van der Waals surface area contributed by atoms with E-state index in [9.17, 15) is 9.59 Å². The number of nitrogens with one attached hydrogen (secondary N) is 1. The molecule has 1 aromatic rings. The van der Waals surface area contributed by atoms with E-state index in [-0.39, 0.29) is 5.91 Å². The van der Waals surface area contributed by atoms with E-state index in [4.69, 9.17) is 5.73 Å². The Hall–Kier alpha value is -1.36. The topological polar surface area (TPSA) is 72.2 Å². The lowest BCUT2D eigenvalue weighted by molar-refractivity contribution is 0.0949. The number of primary amides is 1. The maximum atomic E-state index is 11.1. The molecule has 62 valence electrons. The standard InChI is InChI=1S/C7H6N2O2S/c8-6(10)5-4-3(2-12-5)1-9-7(4)11/h2H,1H2,(H2,8,10)(H,9,11). The minimum absolute atomic E-state index is 0.194. The lowest BCUT2D eigenvalue weighted by Crippen LogP contribution is -2.17. The first-order chi connectivity index (χ1) is 5.70. The molecule has 0 aromatic carbocycles. The van der Waals surface area contributed by atoms with E-state index in [0.717, 1.165) is 5.56 Å². The van der Waals surface area contributed by atoms with Gasteiger partial charge in [-0.25, -0.2) is 0 Å². The summed E-state index contributed by atoms with van der Waals surface area (Å²) in [7, 11) is 0. The molecule has 0 radical (unpaired) electrons. The van der Waals surface area contributed by atoms with Crippen molar-refractivity contribution in [1.82, 2.24) is 5.32 Å². The van der Waals surface area contributed by atoms with Gasteiger partial charge in [0.1, 0.15) is 4.88 Å². The highest BCUT2D eigenvalue weighted by atomic mass is 32.1. The molecule has 0 unspecified atom stereocenters. The van der Waals surface area contributed by atoms with Crippen LogP contribution in [0.1, 0.15) is 25.6 Å². The fourth-order valence-electron chi connectivity index (χ4n) is 1.22. The van der Waals surface area contributed by atoms with Crippen LogP contribution < -0.4 is 11.1 Å². The molecule has 0 saturated heterocycles. The van der Waals surface area contributed by atoms with Crippen LogP contribution in [0.15, 0.2) is 5.38 Å². The van der Waals surface area contributed by atoms with Crippen molar-refractivity contribution in [2.45, 2.75) is 6.54 Å². The van der Waals surface area contributed by atoms with Gasteiger partial charge in [0.15, 0.2) is 0 Å². The minimum atomic E-state index is -0.529. The predicted octanol–water partition coefficient (Wildman–Crippen LogP) is 0.0904. The molecule has 1 aliphatic heterocycles. The molecule has 2 heterocycles. The molecule has 4 nitrogen and oxygen atoms in total. The molecule has 0 bridgehead atoms. The van der Waals surface area contributed by atoms with Gasteiger partial charge < -0.3 is 11.1 Å². The zero-order chi connectivity index (χ0) is 8.72. The Morgan fingerprint density at radius 2 is 2.42 bits per heavy atom. The normalized spacial score (nSPS) is 14.2. The summed E-state index contributed by atoms with van der Waals surface area (Å²) in [6, 6.07) is 0. The Balaban J connectivity index is 2.60. The molecule has 0 spiro atoms. The largest absolute Gasteiger partial charge is 0.365 e. The van der Waals surface area contributed by atoms with Crippen LogP contribution in [0.25, 0.3) is 0 Å². The molecule has 2 amide bonds. The van der Waals surface area contributed by atoms with E-state index in [0.29, 0.717) is 17.0 Å². The Kier molecular flexibility index (Phi) is 1.41. The predicted molar refractivity (Wildman–Crippen MR) is 44.0 cm³/mol. The van der Waals surface area contributed by atoms with Crippen molar-refractivity contribution in [3.05, 3.63) is 21.4 Å². The molecular formula is C7H6N2O2S. The van der Waals surface area contributed by atoms with E-state index in [1.807, 2.05) is 0 Å². The van der Waals surface area contributed by atoms with Gasteiger partial charge >= 0.3 is 0 Å². The summed E-state index contributed by atoms with van der Waals surface area (Å²) in [6.07, 6.45) is 0. The minimum Gasteiger partial charge on any atom is -0.365 e. The number of fused-ring (bicyclic) bond motifs is 1. The number of amides is 2. The monoisotopic (exact) mass is 182 g/mol. The van der Waals surface area contributed by atoms with E-state index in [2.05, 4.69) is 5.32 Å². The van der Waals surface area contributed by atoms with E-state index >= 15 is 0 Å². The third-order valence-corrected chi connectivity index (χ3v) is 2.80. The first-order valence-electron chi connectivity index (χ1n) is 3.38. The van der Waals surface area contributed by atoms with Gasteiger partial charge in [0, 0.05) is 6.54 Å². The third-order valence-electron chi connectivity index (χ3n) is 1.76. The maximum absolute atomic E-state index is 11.1.